The highest BCUT2D eigenvalue weighted by atomic mass is 35.5. The molecule has 0 aliphatic heterocycles. The molecule has 0 radical (unpaired) electrons. The van der Waals surface area contributed by atoms with E-state index in [1.807, 2.05) is 42.5 Å². The van der Waals surface area contributed by atoms with E-state index in [2.05, 4.69) is 10.3 Å². The van der Waals surface area contributed by atoms with Crippen LogP contribution in [-0.4, -0.2) is 10.9 Å². The minimum Gasteiger partial charge on any atom is -0.310 e. The Labute approximate surface area is 127 Å². The van der Waals surface area contributed by atoms with E-state index >= 15 is 0 Å². The molecule has 2 aromatic carbocycles. The minimum absolute atomic E-state index is 0.0961. The maximum atomic E-state index is 12.1. The van der Waals surface area contributed by atoms with Crippen molar-refractivity contribution >= 4 is 34.1 Å². The normalized spacial score (nSPS) is 10.5. The van der Waals surface area contributed by atoms with Gasteiger partial charge in [0.15, 0.2) is 0 Å². The number of nitrogens with one attached hydrogen (secondary N) is 1. The van der Waals surface area contributed by atoms with Crippen LogP contribution in [0, 0.1) is 0 Å². The van der Waals surface area contributed by atoms with Gasteiger partial charge in [0.2, 0.25) is 5.91 Å². The van der Waals surface area contributed by atoms with Crippen molar-refractivity contribution < 1.29 is 4.79 Å². The Hall–Kier alpha value is -2.39. The molecule has 0 fully saturated rings. The van der Waals surface area contributed by atoms with Gasteiger partial charge in [0, 0.05) is 6.20 Å². The van der Waals surface area contributed by atoms with Gasteiger partial charge in [-0.1, -0.05) is 54.1 Å². The van der Waals surface area contributed by atoms with Crippen LogP contribution in [-0.2, 0) is 11.2 Å². The molecule has 0 aliphatic rings. The molecule has 1 heterocycles. The lowest BCUT2D eigenvalue weighted by Gasteiger charge is -2.07. The lowest BCUT2D eigenvalue weighted by molar-refractivity contribution is -0.115. The molecule has 3 rings (SSSR count). The molecule has 0 spiro atoms. The van der Waals surface area contributed by atoms with Crippen LogP contribution in [0.5, 0.6) is 0 Å². The highest BCUT2D eigenvalue weighted by molar-refractivity contribution is 6.30. The largest absolute Gasteiger partial charge is 0.310 e. The van der Waals surface area contributed by atoms with Gasteiger partial charge in [0.1, 0.15) is 5.82 Å². The number of halogens is 1. The van der Waals surface area contributed by atoms with E-state index < -0.39 is 0 Å². The maximum Gasteiger partial charge on any atom is 0.229 e. The fourth-order valence-corrected chi connectivity index (χ4v) is 2.37. The molecule has 21 heavy (non-hydrogen) atoms. The Morgan fingerprint density at radius 1 is 1.05 bits per heavy atom. The predicted octanol–water partition coefficient (Wildman–Crippen LogP) is 4.07. The second-order valence-corrected chi connectivity index (χ2v) is 5.16. The average Bonchev–Trinajstić information content (AvgIpc) is 2.50. The summed E-state index contributed by atoms with van der Waals surface area (Å²) in [6.07, 6.45) is 1.82. The molecule has 4 heteroatoms. The summed E-state index contributed by atoms with van der Waals surface area (Å²) in [6, 6.07) is 17.4. The second kappa shape index (κ2) is 5.94. The number of anilines is 1. The van der Waals surface area contributed by atoms with Gasteiger partial charge in [0.25, 0.3) is 0 Å². The van der Waals surface area contributed by atoms with E-state index in [0.29, 0.717) is 17.3 Å². The summed E-state index contributed by atoms with van der Waals surface area (Å²) in [5.41, 5.74) is 1.000. The summed E-state index contributed by atoms with van der Waals surface area (Å²) >= 11 is 5.77. The van der Waals surface area contributed by atoms with Gasteiger partial charge in [-0.15, -0.1) is 0 Å². The number of amides is 1. The molecule has 104 valence electrons. The minimum atomic E-state index is -0.0961. The number of pyridine rings is 1. The number of fused-ring (bicyclic) bond motifs is 1. The molecule has 1 N–H and O–H groups in total. The average molecular weight is 297 g/mol. The second-order valence-electron chi connectivity index (χ2n) is 4.72. The van der Waals surface area contributed by atoms with Crippen LogP contribution in [0.3, 0.4) is 0 Å². The van der Waals surface area contributed by atoms with Crippen molar-refractivity contribution in [1.82, 2.24) is 4.98 Å². The molecule has 0 unspecified atom stereocenters. The molecular weight excluding hydrogens is 284 g/mol. The van der Waals surface area contributed by atoms with Crippen molar-refractivity contribution in [3.63, 3.8) is 0 Å². The Balaban J connectivity index is 1.79. The van der Waals surface area contributed by atoms with Crippen LogP contribution in [0.4, 0.5) is 5.82 Å². The first-order valence-electron chi connectivity index (χ1n) is 6.60. The first kappa shape index (κ1) is 13.6. The van der Waals surface area contributed by atoms with E-state index in [1.54, 1.807) is 12.1 Å². The molecule has 1 aromatic heterocycles. The molecule has 3 aromatic rings. The molecular formula is C17H13ClN2O. The van der Waals surface area contributed by atoms with Crippen LogP contribution in [0.25, 0.3) is 10.8 Å². The van der Waals surface area contributed by atoms with Gasteiger partial charge in [-0.05, 0) is 28.5 Å². The van der Waals surface area contributed by atoms with Crippen LogP contribution in [0.15, 0.2) is 60.8 Å². The monoisotopic (exact) mass is 296 g/mol. The van der Waals surface area contributed by atoms with Gasteiger partial charge in [0.05, 0.1) is 11.4 Å². The number of hydrogen-bond donors (Lipinski definition) is 1. The fourth-order valence-electron chi connectivity index (χ4n) is 2.26. The van der Waals surface area contributed by atoms with Gasteiger partial charge < -0.3 is 5.32 Å². The zero-order valence-corrected chi connectivity index (χ0v) is 12.0. The number of aromatic nitrogens is 1. The Morgan fingerprint density at radius 3 is 2.67 bits per heavy atom. The molecule has 0 atom stereocenters. The number of carbonyl (C=O) groups is 1. The molecule has 3 nitrogen and oxygen atoms in total. The third-order valence-electron chi connectivity index (χ3n) is 3.23. The Morgan fingerprint density at radius 2 is 1.86 bits per heavy atom. The predicted molar refractivity (Wildman–Crippen MR) is 85.5 cm³/mol. The third-order valence-corrected chi connectivity index (χ3v) is 3.45. The summed E-state index contributed by atoms with van der Waals surface area (Å²) in [5, 5.41) is 5.55. The summed E-state index contributed by atoms with van der Waals surface area (Å²) in [5.74, 6) is 0.408. The van der Waals surface area contributed by atoms with Gasteiger partial charge >= 0.3 is 0 Å². The number of rotatable bonds is 3. The summed E-state index contributed by atoms with van der Waals surface area (Å²) in [7, 11) is 0. The molecule has 0 saturated heterocycles. The van der Waals surface area contributed by atoms with E-state index in [0.717, 1.165) is 16.3 Å². The van der Waals surface area contributed by atoms with E-state index in [-0.39, 0.29) is 5.91 Å². The van der Waals surface area contributed by atoms with E-state index in [1.165, 1.54) is 6.20 Å². The van der Waals surface area contributed by atoms with Crippen molar-refractivity contribution in [3.8, 4) is 0 Å². The number of nitrogens with zero attached hydrogens (tertiary/aromatic N) is 1. The molecule has 1 amide bonds. The highest BCUT2D eigenvalue weighted by Crippen LogP contribution is 2.19. The standard InChI is InChI=1S/C17H13ClN2O/c18-14-8-9-16(19-11-14)20-17(21)10-13-6-3-5-12-4-1-2-7-15(12)13/h1-9,11H,10H2,(H,19,20,21). The first-order chi connectivity index (χ1) is 10.2. The van der Waals surface area contributed by atoms with Gasteiger partial charge in [-0.25, -0.2) is 4.98 Å². The fraction of sp³-hybridized carbons (Fsp3) is 0.0588. The van der Waals surface area contributed by atoms with Crippen molar-refractivity contribution in [2.45, 2.75) is 6.42 Å². The summed E-state index contributed by atoms with van der Waals surface area (Å²) in [4.78, 5) is 16.2. The topological polar surface area (TPSA) is 42.0 Å². The van der Waals surface area contributed by atoms with E-state index in [9.17, 15) is 4.79 Å². The lowest BCUT2D eigenvalue weighted by atomic mass is 10.0. The summed E-state index contributed by atoms with van der Waals surface area (Å²) < 4.78 is 0. The van der Waals surface area contributed by atoms with Crippen molar-refractivity contribution in [1.29, 1.82) is 0 Å². The lowest BCUT2D eigenvalue weighted by Crippen LogP contribution is -2.15. The number of hydrogen-bond acceptors (Lipinski definition) is 2. The van der Waals surface area contributed by atoms with Crippen LogP contribution in [0.1, 0.15) is 5.56 Å². The Bertz CT molecular complexity index is 779. The van der Waals surface area contributed by atoms with Gasteiger partial charge in [-0.2, -0.15) is 0 Å². The van der Waals surface area contributed by atoms with Crippen molar-refractivity contribution in [2.75, 3.05) is 5.32 Å². The smallest absolute Gasteiger partial charge is 0.229 e. The van der Waals surface area contributed by atoms with E-state index in [4.69, 9.17) is 11.6 Å². The molecule has 0 aliphatic carbocycles. The Kier molecular flexibility index (Phi) is 3.84. The van der Waals surface area contributed by atoms with Gasteiger partial charge in [-0.3, -0.25) is 4.79 Å². The zero-order chi connectivity index (χ0) is 14.7. The summed E-state index contributed by atoms with van der Waals surface area (Å²) in [6.45, 7) is 0. The van der Waals surface area contributed by atoms with Crippen LogP contribution >= 0.6 is 11.6 Å². The zero-order valence-electron chi connectivity index (χ0n) is 11.2. The highest BCUT2D eigenvalue weighted by Gasteiger charge is 2.07. The molecule has 0 saturated carbocycles. The van der Waals surface area contributed by atoms with Crippen molar-refractivity contribution in [2.24, 2.45) is 0 Å². The maximum absolute atomic E-state index is 12.1. The molecule has 0 bridgehead atoms. The first-order valence-corrected chi connectivity index (χ1v) is 6.98. The third kappa shape index (κ3) is 3.20. The number of carbonyl (C=O) groups excluding carboxylic acids is 1. The quantitative estimate of drug-likeness (QED) is 0.791. The SMILES string of the molecule is O=C(Cc1cccc2ccccc12)Nc1ccc(Cl)cn1. The van der Waals surface area contributed by atoms with Crippen LogP contribution in [0.2, 0.25) is 5.02 Å². The number of benzene rings is 2. The van der Waals surface area contributed by atoms with Crippen LogP contribution < -0.4 is 5.32 Å². The van der Waals surface area contributed by atoms with Crippen molar-refractivity contribution in [3.05, 3.63) is 71.4 Å².